The van der Waals surface area contributed by atoms with Gasteiger partial charge in [0.15, 0.2) is 0 Å². The molecule has 3 unspecified atom stereocenters. The van der Waals surface area contributed by atoms with Crippen molar-refractivity contribution in [1.29, 1.82) is 0 Å². The third kappa shape index (κ3) is 7.47. The number of carbonyl (C=O) groups is 2. The number of piperazine rings is 1. The molecule has 5 rings (SSSR count). The number of nitrogens with one attached hydrogen (secondary N) is 3. The lowest BCUT2D eigenvalue weighted by Gasteiger charge is -2.38. The largest absolute Gasteiger partial charge is 0.481 e. The molecule has 2 aliphatic heterocycles. The Bertz CT molecular complexity index is 1340. The number of carbonyl (C=O) groups excluding carboxylic acids is 2. The van der Waals surface area contributed by atoms with Crippen molar-refractivity contribution in [3.63, 3.8) is 0 Å². The van der Waals surface area contributed by atoms with Gasteiger partial charge in [-0.1, -0.05) is 42.8 Å². The van der Waals surface area contributed by atoms with Gasteiger partial charge in [0.1, 0.15) is 6.04 Å². The quantitative estimate of drug-likeness (QED) is 0.372. The normalized spacial score (nSPS) is 27.7. The van der Waals surface area contributed by atoms with E-state index in [-0.39, 0.29) is 35.7 Å². The smallest absolute Gasteiger partial charge is 0.407 e. The minimum atomic E-state index is -3.25. The maximum absolute atomic E-state index is 14.1. The van der Waals surface area contributed by atoms with Gasteiger partial charge in [-0.15, -0.1) is 0 Å². The Labute approximate surface area is 254 Å². The third-order valence-electron chi connectivity index (χ3n) is 9.18. The van der Waals surface area contributed by atoms with Gasteiger partial charge in [0.2, 0.25) is 21.8 Å². The third-order valence-corrected chi connectivity index (χ3v) is 11.1. The van der Waals surface area contributed by atoms with E-state index in [0.717, 1.165) is 49.7 Å². The van der Waals surface area contributed by atoms with Crippen molar-refractivity contribution >= 4 is 22.0 Å². The van der Waals surface area contributed by atoms with Crippen molar-refractivity contribution in [1.82, 2.24) is 25.2 Å². The van der Waals surface area contributed by atoms with E-state index in [1.807, 2.05) is 36.4 Å². The first kappa shape index (κ1) is 31.2. The number of nitrogens with zero attached hydrogens (tertiary/aromatic N) is 2. The Morgan fingerprint density at radius 2 is 1.86 bits per heavy atom. The highest BCUT2D eigenvalue weighted by molar-refractivity contribution is 7.89. The molecule has 11 nitrogen and oxygen atoms in total. The predicted molar refractivity (Wildman–Crippen MR) is 162 cm³/mol. The second-order valence-electron chi connectivity index (χ2n) is 11.8. The lowest BCUT2D eigenvalue weighted by molar-refractivity contribution is -0.124. The van der Waals surface area contributed by atoms with Gasteiger partial charge in [0.05, 0.1) is 20.0 Å². The molecule has 12 heteroatoms. The number of hydrogen-bond acceptors (Lipinski definition) is 8. The van der Waals surface area contributed by atoms with Crippen LogP contribution in [0.1, 0.15) is 62.0 Å². The number of methoxy groups -OCH3 is 2. The van der Waals surface area contributed by atoms with Crippen LogP contribution in [-0.2, 0) is 19.6 Å². The second kappa shape index (κ2) is 14.0. The molecule has 3 fully saturated rings. The number of alkyl carbamates (subject to hydrolysis) is 1. The number of fused-ring (bicyclic) bond motifs is 2. The standard InChI is InChI=1S/C31H43N5O6S/c1-41-27-16-14-23(18-33-27)28(22-8-4-3-5-9-22)29(35-31(38)42-2)30(37)34-26-12-6-10-21(26)13-15-25-19-32-24-11-7-17-43(39,40)36(25)20-24/h3-5,8-9,14,16,18,21,24-26,28-29,32H,6-7,10-13,15,17,19-20H2,1-2H3,(H,34,37)(H,35,38)/t21-,24-,25+,26+,28?,29?/m1/s1. The topological polar surface area (TPSA) is 139 Å². The predicted octanol–water partition coefficient (Wildman–Crippen LogP) is 2.78. The molecule has 1 aromatic carbocycles. The van der Waals surface area contributed by atoms with Crippen LogP contribution in [0.5, 0.6) is 5.88 Å². The van der Waals surface area contributed by atoms with Crippen molar-refractivity contribution in [2.24, 2.45) is 5.92 Å². The zero-order chi connectivity index (χ0) is 30.4. The summed E-state index contributed by atoms with van der Waals surface area (Å²) >= 11 is 0. The summed E-state index contributed by atoms with van der Waals surface area (Å²) in [6, 6.07) is 12.2. The van der Waals surface area contributed by atoms with Crippen molar-refractivity contribution in [3.05, 3.63) is 59.8 Å². The lowest BCUT2D eigenvalue weighted by atomic mass is 9.85. The minimum Gasteiger partial charge on any atom is -0.481 e. The van der Waals surface area contributed by atoms with Crippen molar-refractivity contribution < 1.29 is 27.5 Å². The Morgan fingerprint density at radius 3 is 2.58 bits per heavy atom. The fourth-order valence-corrected chi connectivity index (χ4v) is 8.72. The summed E-state index contributed by atoms with van der Waals surface area (Å²) in [5.74, 6) is 0.0400. The van der Waals surface area contributed by atoms with Gasteiger partial charge >= 0.3 is 6.09 Å². The molecule has 43 heavy (non-hydrogen) atoms. The highest BCUT2D eigenvalue weighted by atomic mass is 32.2. The van der Waals surface area contributed by atoms with Crippen molar-refractivity contribution in [2.45, 2.75) is 75.0 Å². The molecule has 1 aromatic heterocycles. The summed E-state index contributed by atoms with van der Waals surface area (Å²) in [5, 5.41) is 9.59. The Kier molecular flexibility index (Phi) is 10.2. The summed E-state index contributed by atoms with van der Waals surface area (Å²) in [4.78, 5) is 30.9. The van der Waals surface area contributed by atoms with Crippen LogP contribution in [-0.4, -0.2) is 86.9 Å². The van der Waals surface area contributed by atoms with Gasteiger partial charge in [-0.2, -0.15) is 4.31 Å². The molecule has 2 amide bonds. The van der Waals surface area contributed by atoms with Crippen molar-refractivity contribution in [2.75, 3.05) is 33.1 Å². The van der Waals surface area contributed by atoms with Crippen LogP contribution < -0.4 is 20.7 Å². The summed E-state index contributed by atoms with van der Waals surface area (Å²) < 4.78 is 37.8. The molecular formula is C31H43N5O6S. The van der Waals surface area contributed by atoms with E-state index in [2.05, 4.69) is 20.9 Å². The van der Waals surface area contributed by atoms with Gasteiger partial charge in [-0.05, 0) is 55.6 Å². The molecule has 1 aliphatic carbocycles. The molecule has 2 saturated heterocycles. The molecule has 1 saturated carbocycles. The molecule has 0 spiro atoms. The highest BCUT2D eigenvalue weighted by Gasteiger charge is 2.40. The van der Waals surface area contributed by atoms with E-state index in [1.54, 1.807) is 16.6 Å². The van der Waals surface area contributed by atoms with E-state index in [9.17, 15) is 18.0 Å². The monoisotopic (exact) mass is 613 g/mol. The first-order valence-electron chi connectivity index (χ1n) is 15.2. The number of benzene rings is 1. The molecule has 2 aromatic rings. The average molecular weight is 614 g/mol. The highest BCUT2D eigenvalue weighted by Crippen LogP contribution is 2.34. The minimum absolute atomic E-state index is 0.0740. The lowest BCUT2D eigenvalue weighted by Crippen LogP contribution is -2.57. The van der Waals surface area contributed by atoms with E-state index < -0.39 is 28.1 Å². The summed E-state index contributed by atoms with van der Waals surface area (Å²) in [6.45, 7) is 1.20. The van der Waals surface area contributed by atoms with Crippen LogP contribution in [0.4, 0.5) is 4.79 Å². The van der Waals surface area contributed by atoms with Crippen LogP contribution in [0.15, 0.2) is 48.7 Å². The van der Waals surface area contributed by atoms with Gasteiger partial charge in [-0.3, -0.25) is 4.79 Å². The van der Waals surface area contributed by atoms with Crippen LogP contribution in [0.2, 0.25) is 0 Å². The summed E-state index contributed by atoms with van der Waals surface area (Å²) in [6.07, 6.45) is 6.85. The number of sulfonamides is 1. The molecule has 3 heterocycles. The molecular weight excluding hydrogens is 570 g/mol. The van der Waals surface area contributed by atoms with E-state index in [4.69, 9.17) is 9.47 Å². The van der Waals surface area contributed by atoms with Gasteiger partial charge in [0, 0.05) is 49.4 Å². The molecule has 2 bridgehead atoms. The summed E-state index contributed by atoms with van der Waals surface area (Å²) in [7, 11) is -0.438. The van der Waals surface area contributed by atoms with Gasteiger partial charge < -0.3 is 25.4 Å². The van der Waals surface area contributed by atoms with Gasteiger partial charge in [-0.25, -0.2) is 18.2 Å². The number of aromatic nitrogens is 1. The maximum atomic E-state index is 14.1. The van der Waals surface area contributed by atoms with Crippen LogP contribution in [0.3, 0.4) is 0 Å². The Hall–Kier alpha value is -3.22. The molecule has 7 atom stereocenters. The zero-order valence-corrected chi connectivity index (χ0v) is 25.7. The molecule has 0 radical (unpaired) electrons. The maximum Gasteiger partial charge on any atom is 0.407 e. The molecule has 3 aliphatic rings. The average Bonchev–Trinajstić information content (AvgIpc) is 3.42. The fourth-order valence-electron chi connectivity index (χ4n) is 6.92. The molecule has 3 N–H and O–H groups in total. The van der Waals surface area contributed by atoms with E-state index >= 15 is 0 Å². The Balaban J connectivity index is 1.33. The fraction of sp³-hybridized carbons (Fsp3) is 0.581. The van der Waals surface area contributed by atoms with Crippen molar-refractivity contribution in [3.8, 4) is 5.88 Å². The molecule has 234 valence electrons. The van der Waals surface area contributed by atoms with E-state index in [1.165, 1.54) is 14.2 Å². The number of rotatable bonds is 10. The number of hydrogen-bond donors (Lipinski definition) is 3. The Morgan fingerprint density at radius 1 is 1.05 bits per heavy atom. The number of pyridine rings is 1. The van der Waals surface area contributed by atoms with Crippen LogP contribution in [0.25, 0.3) is 0 Å². The first-order valence-corrected chi connectivity index (χ1v) is 16.8. The van der Waals surface area contributed by atoms with Crippen LogP contribution >= 0.6 is 0 Å². The van der Waals surface area contributed by atoms with Crippen LogP contribution in [0, 0.1) is 5.92 Å². The number of ether oxygens (including phenoxy) is 2. The van der Waals surface area contributed by atoms with E-state index in [0.29, 0.717) is 25.4 Å². The second-order valence-corrected chi connectivity index (χ2v) is 13.8. The number of amides is 2. The SMILES string of the molecule is COC(=O)NC(C(=O)N[C@H]1CCC[C@@H]1CC[C@H]1CN[C@@H]2CCCS(=O)(=O)N1C2)C(c1ccccc1)c1ccc(OC)nc1. The first-order chi connectivity index (χ1) is 20.8. The zero-order valence-electron chi connectivity index (χ0n) is 24.9. The van der Waals surface area contributed by atoms with Gasteiger partial charge in [0.25, 0.3) is 0 Å². The summed E-state index contributed by atoms with van der Waals surface area (Å²) in [5.41, 5.74) is 1.59.